The van der Waals surface area contributed by atoms with Gasteiger partial charge in [0.05, 0.1) is 11.0 Å². The van der Waals surface area contributed by atoms with Gasteiger partial charge in [0.2, 0.25) is 0 Å². The molecule has 1 aromatic carbocycles. The fourth-order valence-corrected chi connectivity index (χ4v) is 1.79. The van der Waals surface area contributed by atoms with Crippen LogP contribution >= 0.6 is 0 Å². The highest BCUT2D eigenvalue weighted by molar-refractivity contribution is 5.76. The Morgan fingerprint density at radius 3 is 2.81 bits per heavy atom. The Kier molecular flexibility index (Phi) is 1.96. The van der Waals surface area contributed by atoms with E-state index in [2.05, 4.69) is 16.9 Å². The topological polar surface area (TPSA) is 30.7 Å². The first kappa shape index (κ1) is 9.09. The SMILES string of the molecule is Cc1ccnc(-n2cnc3ccccc32)c1. The molecule has 0 bridgehead atoms. The Balaban J connectivity index is 2.26. The first-order valence-electron chi connectivity index (χ1n) is 5.20. The molecular formula is C13H11N3. The number of rotatable bonds is 1. The highest BCUT2D eigenvalue weighted by Crippen LogP contribution is 2.16. The smallest absolute Gasteiger partial charge is 0.138 e. The van der Waals surface area contributed by atoms with Gasteiger partial charge in [-0.3, -0.25) is 4.57 Å². The van der Waals surface area contributed by atoms with E-state index in [1.54, 1.807) is 0 Å². The summed E-state index contributed by atoms with van der Waals surface area (Å²) in [5.74, 6) is 0.911. The molecule has 3 heteroatoms. The van der Waals surface area contributed by atoms with Crippen molar-refractivity contribution in [1.29, 1.82) is 0 Å². The van der Waals surface area contributed by atoms with Crippen LogP contribution < -0.4 is 0 Å². The first-order chi connectivity index (χ1) is 7.84. The average molecular weight is 209 g/mol. The summed E-state index contributed by atoms with van der Waals surface area (Å²) >= 11 is 0. The Labute approximate surface area is 93.4 Å². The predicted molar refractivity (Wildman–Crippen MR) is 63.6 cm³/mol. The summed E-state index contributed by atoms with van der Waals surface area (Å²) in [5, 5.41) is 0. The highest BCUT2D eigenvalue weighted by Gasteiger charge is 2.04. The molecule has 3 aromatic rings. The zero-order valence-corrected chi connectivity index (χ0v) is 8.96. The quantitative estimate of drug-likeness (QED) is 0.617. The molecule has 0 radical (unpaired) electrons. The minimum absolute atomic E-state index is 0.911. The molecule has 2 aromatic heterocycles. The van der Waals surface area contributed by atoms with E-state index < -0.39 is 0 Å². The number of benzene rings is 1. The molecule has 0 spiro atoms. The largest absolute Gasteiger partial charge is 0.283 e. The molecule has 0 saturated heterocycles. The van der Waals surface area contributed by atoms with Crippen LogP contribution in [-0.2, 0) is 0 Å². The second-order valence-electron chi connectivity index (χ2n) is 3.79. The Hall–Kier alpha value is -2.16. The molecule has 2 heterocycles. The number of imidazole rings is 1. The van der Waals surface area contributed by atoms with Gasteiger partial charge in [-0.25, -0.2) is 9.97 Å². The van der Waals surface area contributed by atoms with Crippen molar-refractivity contribution >= 4 is 11.0 Å². The lowest BCUT2D eigenvalue weighted by Gasteiger charge is -2.03. The van der Waals surface area contributed by atoms with Crippen LogP contribution in [0.3, 0.4) is 0 Å². The molecule has 0 N–H and O–H groups in total. The van der Waals surface area contributed by atoms with Gasteiger partial charge in [-0.2, -0.15) is 0 Å². The zero-order valence-electron chi connectivity index (χ0n) is 8.96. The number of aryl methyl sites for hydroxylation is 1. The van der Waals surface area contributed by atoms with E-state index in [-0.39, 0.29) is 0 Å². The Morgan fingerprint density at radius 2 is 1.94 bits per heavy atom. The maximum Gasteiger partial charge on any atom is 0.138 e. The molecule has 0 aliphatic carbocycles. The van der Waals surface area contributed by atoms with Crippen molar-refractivity contribution in [2.75, 3.05) is 0 Å². The van der Waals surface area contributed by atoms with Crippen LogP contribution in [0.2, 0.25) is 0 Å². The minimum atomic E-state index is 0.911. The summed E-state index contributed by atoms with van der Waals surface area (Å²) in [6.07, 6.45) is 3.63. The van der Waals surface area contributed by atoms with Crippen molar-refractivity contribution in [3.63, 3.8) is 0 Å². The fourth-order valence-electron chi connectivity index (χ4n) is 1.79. The van der Waals surface area contributed by atoms with Gasteiger partial charge in [0, 0.05) is 6.20 Å². The normalized spacial score (nSPS) is 10.8. The molecule has 0 amide bonds. The van der Waals surface area contributed by atoms with Gasteiger partial charge in [-0.15, -0.1) is 0 Å². The number of para-hydroxylation sites is 2. The summed E-state index contributed by atoms with van der Waals surface area (Å²) < 4.78 is 2.00. The molecule has 3 nitrogen and oxygen atoms in total. The second-order valence-corrected chi connectivity index (χ2v) is 3.79. The number of pyridine rings is 1. The molecule has 0 aliphatic rings. The molecule has 0 aliphatic heterocycles. The van der Waals surface area contributed by atoms with Crippen molar-refractivity contribution < 1.29 is 0 Å². The molecule has 0 atom stereocenters. The van der Waals surface area contributed by atoms with Gasteiger partial charge >= 0.3 is 0 Å². The summed E-state index contributed by atoms with van der Waals surface area (Å²) in [7, 11) is 0. The maximum atomic E-state index is 4.36. The average Bonchev–Trinajstić information content (AvgIpc) is 2.72. The van der Waals surface area contributed by atoms with Gasteiger partial charge in [0.1, 0.15) is 12.1 Å². The third-order valence-corrected chi connectivity index (χ3v) is 2.60. The van der Waals surface area contributed by atoms with Crippen LogP contribution in [-0.4, -0.2) is 14.5 Å². The zero-order chi connectivity index (χ0) is 11.0. The molecule has 0 unspecified atom stereocenters. The van der Waals surface area contributed by atoms with Crippen LogP contribution in [0, 0.1) is 6.92 Å². The van der Waals surface area contributed by atoms with Crippen molar-refractivity contribution in [3.05, 3.63) is 54.5 Å². The van der Waals surface area contributed by atoms with Gasteiger partial charge < -0.3 is 0 Å². The van der Waals surface area contributed by atoms with E-state index in [9.17, 15) is 0 Å². The molecule has 78 valence electrons. The summed E-state index contributed by atoms with van der Waals surface area (Å²) in [6.45, 7) is 2.06. The van der Waals surface area contributed by atoms with E-state index in [0.29, 0.717) is 0 Å². The van der Waals surface area contributed by atoms with Gasteiger partial charge in [0.25, 0.3) is 0 Å². The predicted octanol–water partition coefficient (Wildman–Crippen LogP) is 2.73. The Morgan fingerprint density at radius 1 is 1.06 bits per heavy atom. The maximum absolute atomic E-state index is 4.36. The highest BCUT2D eigenvalue weighted by atomic mass is 15.1. The Bertz CT molecular complexity index is 640. The van der Waals surface area contributed by atoms with Crippen LogP contribution in [0.4, 0.5) is 0 Å². The van der Waals surface area contributed by atoms with Crippen molar-refractivity contribution in [2.24, 2.45) is 0 Å². The lowest BCUT2D eigenvalue weighted by atomic mass is 10.3. The molecule has 16 heavy (non-hydrogen) atoms. The van der Waals surface area contributed by atoms with E-state index in [1.165, 1.54) is 5.56 Å². The molecule has 0 fully saturated rings. The van der Waals surface area contributed by atoms with Gasteiger partial charge in [-0.1, -0.05) is 12.1 Å². The third-order valence-electron chi connectivity index (χ3n) is 2.60. The van der Waals surface area contributed by atoms with E-state index in [4.69, 9.17) is 0 Å². The lowest BCUT2D eigenvalue weighted by molar-refractivity contribution is 1.02. The number of hydrogen-bond donors (Lipinski definition) is 0. The van der Waals surface area contributed by atoms with Crippen LogP contribution in [0.25, 0.3) is 16.9 Å². The van der Waals surface area contributed by atoms with Crippen LogP contribution in [0.15, 0.2) is 48.9 Å². The van der Waals surface area contributed by atoms with E-state index in [1.807, 2.05) is 53.5 Å². The van der Waals surface area contributed by atoms with Crippen LogP contribution in [0.1, 0.15) is 5.56 Å². The summed E-state index contributed by atoms with van der Waals surface area (Å²) in [5.41, 5.74) is 3.27. The summed E-state index contributed by atoms with van der Waals surface area (Å²) in [4.78, 5) is 8.70. The number of nitrogens with zero attached hydrogens (tertiary/aromatic N) is 3. The van der Waals surface area contributed by atoms with E-state index in [0.717, 1.165) is 16.9 Å². The molecule has 0 saturated carbocycles. The van der Waals surface area contributed by atoms with Crippen LogP contribution in [0.5, 0.6) is 0 Å². The van der Waals surface area contributed by atoms with Gasteiger partial charge in [-0.05, 0) is 36.8 Å². The second kappa shape index (κ2) is 3.45. The number of fused-ring (bicyclic) bond motifs is 1. The lowest BCUT2D eigenvalue weighted by Crippen LogP contribution is -1.95. The molecular weight excluding hydrogens is 198 g/mol. The first-order valence-corrected chi connectivity index (χ1v) is 5.20. The number of aromatic nitrogens is 3. The fraction of sp³-hybridized carbons (Fsp3) is 0.0769. The van der Waals surface area contributed by atoms with Crippen molar-refractivity contribution in [3.8, 4) is 5.82 Å². The van der Waals surface area contributed by atoms with E-state index >= 15 is 0 Å². The van der Waals surface area contributed by atoms with Crippen molar-refractivity contribution in [2.45, 2.75) is 6.92 Å². The van der Waals surface area contributed by atoms with Crippen molar-refractivity contribution in [1.82, 2.24) is 14.5 Å². The monoisotopic (exact) mass is 209 g/mol. The van der Waals surface area contributed by atoms with Gasteiger partial charge in [0.15, 0.2) is 0 Å². The third kappa shape index (κ3) is 1.37. The number of hydrogen-bond acceptors (Lipinski definition) is 2. The standard InChI is InChI=1S/C13H11N3/c1-10-6-7-14-13(8-10)16-9-15-11-4-2-3-5-12(11)16/h2-9H,1H3. The summed E-state index contributed by atoms with van der Waals surface area (Å²) in [6, 6.07) is 12.1. The molecule has 3 rings (SSSR count). The minimum Gasteiger partial charge on any atom is -0.283 e.